The van der Waals surface area contributed by atoms with Crippen molar-refractivity contribution in [1.29, 1.82) is 0 Å². The van der Waals surface area contributed by atoms with Gasteiger partial charge in [-0.3, -0.25) is 0 Å². The summed E-state index contributed by atoms with van der Waals surface area (Å²) >= 11 is 2.04. The fourth-order valence-corrected chi connectivity index (χ4v) is 6.35. The van der Waals surface area contributed by atoms with Crippen LogP contribution >= 0.6 is 11.8 Å². The van der Waals surface area contributed by atoms with Crippen molar-refractivity contribution in [1.82, 2.24) is 4.90 Å². The maximum absolute atomic E-state index is 13.1. The van der Waals surface area contributed by atoms with Gasteiger partial charge in [-0.25, -0.2) is 4.39 Å². The Balaban J connectivity index is 1.26. The van der Waals surface area contributed by atoms with Gasteiger partial charge in [-0.1, -0.05) is 30.3 Å². The summed E-state index contributed by atoms with van der Waals surface area (Å²) in [5, 5.41) is 0. The van der Waals surface area contributed by atoms with Crippen LogP contribution in [-0.4, -0.2) is 42.9 Å². The highest BCUT2D eigenvalue weighted by Crippen LogP contribution is 2.50. The number of para-hydroxylation sites is 1. The first-order valence-electron chi connectivity index (χ1n) is 10.9. The summed E-state index contributed by atoms with van der Waals surface area (Å²) in [7, 11) is 0. The van der Waals surface area contributed by atoms with E-state index in [0.29, 0.717) is 12.0 Å². The summed E-state index contributed by atoms with van der Waals surface area (Å²) in [6, 6.07) is 14.5. The molecule has 1 fully saturated rings. The number of anilines is 1. The van der Waals surface area contributed by atoms with E-state index in [1.807, 2.05) is 23.9 Å². The van der Waals surface area contributed by atoms with Gasteiger partial charge >= 0.3 is 0 Å². The summed E-state index contributed by atoms with van der Waals surface area (Å²) < 4.78 is 13.1. The van der Waals surface area contributed by atoms with Crippen LogP contribution < -0.4 is 4.90 Å². The van der Waals surface area contributed by atoms with E-state index in [2.05, 4.69) is 41.0 Å². The molecule has 2 aromatic carbocycles. The second-order valence-corrected chi connectivity index (χ2v) is 9.67. The molecule has 2 aromatic rings. The first-order chi connectivity index (χ1) is 14.2. The third-order valence-corrected chi connectivity index (χ3v) is 7.91. The number of hydrogen-bond donors (Lipinski definition) is 0. The van der Waals surface area contributed by atoms with E-state index in [-0.39, 0.29) is 5.82 Å². The summed E-state index contributed by atoms with van der Waals surface area (Å²) in [4.78, 5) is 6.89. The molecule has 3 heterocycles. The predicted octanol–water partition coefficient (Wildman–Crippen LogP) is 5.79. The molecule has 0 radical (unpaired) electrons. The van der Waals surface area contributed by atoms with Crippen molar-refractivity contribution < 1.29 is 4.39 Å². The van der Waals surface area contributed by atoms with E-state index >= 15 is 0 Å². The van der Waals surface area contributed by atoms with Crippen LogP contribution in [0.25, 0.3) is 5.57 Å². The monoisotopic (exact) mass is 408 g/mol. The summed E-state index contributed by atoms with van der Waals surface area (Å²) in [5.41, 5.74) is 5.49. The van der Waals surface area contributed by atoms with Crippen LogP contribution in [0, 0.1) is 5.82 Å². The highest BCUT2D eigenvalue weighted by atomic mass is 32.2. The van der Waals surface area contributed by atoms with Crippen LogP contribution in [0.5, 0.6) is 0 Å². The maximum atomic E-state index is 13.1. The van der Waals surface area contributed by atoms with Gasteiger partial charge in [0, 0.05) is 43.0 Å². The van der Waals surface area contributed by atoms with E-state index in [0.717, 1.165) is 18.5 Å². The molecule has 0 saturated carbocycles. The molecule has 2 atom stereocenters. The topological polar surface area (TPSA) is 6.48 Å². The molecule has 3 aliphatic heterocycles. The number of piperidine rings is 1. The molecular formula is C25H29FN2S. The van der Waals surface area contributed by atoms with Gasteiger partial charge in [-0.15, -0.1) is 11.8 Å². The second-order valence-electron chi connectivity index (χ2n) is 8.54. The molecule has 29 heavy (non-hydrogen) atoms. The quantitative estimate of drug-likeness (QED) is 0.632. The highest BCUT2D eigenvalue weighted by molar-refractivity contribution is 7.99. The zero-order valence-corrected chi connectivity index (χ0v) is 17.9. The Labute approximate surface area is 177 Å². The Morgan fingerprint density at radius 1 is 1.17 bits per heavy atom. The molecule has 0 amide bonds. The number of hydrogen-bond acceptors (Lipinski definition) is 3. The Kier molecular flexibility index (Phi) is 5.40. The summed E-state index contributed by atoms with van der Waals surface area (Å²) in [6.45, 7) is 6.81. The molecule has 0 spiro atoms. The lowest BCUT2D eigenvalue weighted by Gasteiger charge is -2.39. The number of likely N-dealkylation sites (tertiary alicyclic amines) is 1. The molecule has 3 aliphatic rings. The van der Waals surface area contributed by atoms with Gasteiger partial charge in [-0.2, -0.15) is 0 Å². The van der Waals surface area contributed by atoms with Gasteiger partial charge in [0.1, 0.15) is 5.82 Å². The zero-order chi connectivity index (χ0) is 19.8. The molecule has 1 saturated heterocycles. The zero-order valence-electron chi connectivity index (χ0n) is 17.1. The lowest BCUT2D eigenvalue weighted by molar-refractivity contribution is 0.196. The molecule has 0 unspecified atom stereocenters. The van der Waals surface area contributed by atoms with E-state index in [1.165, 1.54) is 48.7 Å². The molecule has 5 rings (SSSR count). The van der Waals surface area contributed by atoms with Crippen LogP contribution in [0.1, 0.15) is 43.2 Å². The molecule has 2 nitrogen and oxygen atoms in total. The first kappa shape index (κ1) is 19.2. The van der Waals surface area contributed by atoms with Crippen molar-refractivity contribution in [3.8, 4) is 0 Å². The van der Waals surface area contributed by atoms with Crippen LogP contribution in [0.2, 0.25) is 0 Å². The normalized spacial score (nSPS) is 24.2. The Hall–Kier alpha value is -1.78. The van der Waals surface area contributed by atoms with Crippen LogP contribution in [0.3, 0.4) is 0 Å². The third-order valence-electron chi connectivity index (χ3n) is 6.77. The minimum atomic E-state index is -0.170. The van der Waals surface area contributed by atoms with E-state index in [9.17, 15) is 4.39 Å². The number of benzene rings is 2. The fraction of sp³-hybridized carbons (Fsp3) is 0.440. The standard InChI is InChI=1S/C25H29FN2S/c1-18(19-8-10-20(26)11-9-19)5-3-13-27-15-12-23-22(17-27)21-6-2-7-24-25(21)28(23)14-4-16-29-24/h2,5-11,22-23H,3-4,12-17H2,1H3/t22-,23-/m0/s1. The number of nitrogens with zero attached hydrogens (tertiary/aromatic N) is 2. The lowest BCUT2D eigenvalue weighted by Crippen LogP contribution is -2.46. The molecule has 0 bridgehead atoms. The molecule has 4 heteroatoms. The SMILES string of the molecule is CC(=CCCN1CC[C@H]2[C@@H](C1)c1cccc3c1N2CCCS3)c1ccc(F)cc1. The number of allylic oxidation sites excluding steroid dienone is 1. The van der Waals surface area contributed by atoms with Crippen molar-refractivity contribution in [3.63, 3.8) is 0 Å². The van der Waals surface area contributed by atoms with Gasteiger partial charge in [0.15, 0.2) is 0 Å². The van der Waals surface area contributed by atoms with Crippen molar-refractivity contribution >= 4 is 23.0 Å². The van der Waals surface area contributed by atoms with Gasteiger partial charge < -0.3 is 9.80 Å². The van der Waals surface area contributed by atoms with E-state index in [1.54, 1.807) is 23.4 Å². The molecule has 0 aromatic heterocycles. The average molecular weight is 409 g/mol. The fourth-order valence-electron chi connectivity index (χ4n) is 5.31. The van der Waals surface area contributed by atoms with Crippen molar-refractivity contribution in [2.24, 2.45) is 0 Å². The van der Waals surface area contributed by atoms with Crippen LogP contribution in [0.15, 0.2) is 53.4 Å². The number of rotatable bonds is 4. The Bertz CT molecular complexity index is 908. The first-order valence-corrected chi connectivity index (χ1v) is 11.9. The van der Waals surface area contributed by atoms with Gasteiger partial charge in [0.25, 0.3) is 0 Å². The van der Waals surface area contributed by atoms with Gasteiger partial charge in [-0.05, 0) is 66.8 Å². The average Bonchev–Trinajstić information content (AvgIpc) is 2.89. The van der Waals surface area contributed by atoms with Crippen molar-refractivity contribution in [2.45, 2.75) is 43.0 Å². The highest BCUT2D eigenvalue weighted by Gasteiger charge is 2.43. The van der Waals surface area contributed by atoms with Crippen LogP contribution in [-0.2, 0) is 0 Å². The summed E-state index contributed by atoms with van der Waals surface area (Å²) in [6.07, 6.45) is 5.91. The van der Waals surface area contributed by atoms with E-state index < -0.39 is 0 Å². The van der Waals surface area contributed by atoms with Gasteiger partial charge in [0.2, 0.25) is 0 Å². The smallest absolute Gasteiger partial charge is 0.123 e. The lowest BCUT2D eigenvalue weighted by atomic mass is 9.89. The molecule has 152 valence electrons. The predicted molar refractivity (Wildman–Crippen MR) is 121 cm³/mol. The molecule has 0 aliphatic carbocycles. The summed E-state index contributed by atoms with van der Waals surface area (Å²) in [5.74, 6) is 1.73. The second kappa shape index (κ2) is 8.16. The Morgan fingerprint density at radius 3 is 2.90 bits per heavy atom. The largest absolute Gasteiger partial charge is 0.367 e. The maximum Gasteiger partial charge on any atom is 0.123 e. The minimum absolute atomic E-state index is 0.170. The number of halogens is 1. The van der Waals surface area contributed by atoms with Crippen molar-refractivity contribution in [2.75, 3.05) is 36.8 Å². The number of thioether (sulfide) groups is 1. The van der Waals surface area contributed by atoms with Crippen LogP contribution in [0.4, 0.5) is 10.1 Å². The third kappa shape index (κ3) is 3.73. The Morgan fingerprint density at radius 2 is 2.03 bits per heavy atom. The number of fused-ring (bicyclic) bond motifs is 3. The van der Waals surface area contributed by atoms with Gasteiger partial charge in [0.05, 0.1) is 5.69 Å². The molecule has 0 N–H and O–H groups in total. The minimum Gasteiger partial charge on any atom is -0.367 e. The van der Waals surface area contributed by atoms with E-state index in [4.69, 9.17) is 0 Å². The van der Waals surface area contributed by atoms with Crippen molar-refractivity contribution in [3.05, 3.63) is 65.5 Å². The molecular weight excluding hydrogens is 379 g/mol.